The lowest BCUT2D eigenvalue weighted by molar-refractivity contribution is -0.152. The van der Waals surface area contributed by atoms with Gasteiger partial charge in [0, 0.05) is 18.3 Å². The van der Waals surface area contributed by atoms with E-state index in [4.69, 9.17) is 9.47 Å². The topological polar surface area (TPSA) is 52.6 Å². The van der Waals surface area contributed by atoms with Crippen molar-refractivity contribution in [1.82, 2.24) is 0 Å². The van der Waals surface area contributed by atoms with Crippen LogP contribution in [0.5, 0.6) is 0 Å². The number of carbonyl (C=O) groups excluding carboxylic acids is 2. The normalized spacial score (nSPS) is 28.3. The Bertz CT molecular complexity index is 786. The molecular formula is C22H22O4. The molecular weight excluding hydrogens is 328 g/mol. The van der Waals surface area contributed by atoms with Gasteiger partial charge in [-0.3, -0.25) is 9.59 Å². The molecule has 4 heteroatoms. The van der Waals surface area contributed by atoms with Gasteiger partial charge in [0.05, 0.1) is 12.3 Å². The van der Waals surface area contributed by atoms with Gasteiger partial charge in [-0.25, -0.2) is 0 Å². The van der Waals surface area contributed by atoms with Crippen LogP contribution in [0, 0.1) is 5.92 Å². The monoisotopic (exact) mass is 350 g/mol. The average molecular weight is 350 g/mol. The van der Waals surface area contributed by atoms with Crippen molar-refractivity contribution in [3.05, 3.63) is 71.8 Å². The molecule has 0 N–H and O–H groups in total. The number of hydrogen-bond donors (Lipinski definition) is 0. The van der Waals surface area contributed by atoms with Crippen molar-refractivity contribution >= 4 is 11.9 Å². The van der Waals surface area contributed by atoms with Gasteiger partial charge >= 0.3 is 11.9 Å². The first-order valence-corrected chi connectivity index (χ1v) is 9.13. The Kier molecular flexibility index (Phi) is 4.49. The summed E-state index contributed by atoms with van der Waals surface area (Å²) >= 11 is 0. The third kappa shape index (κ3) is 3.12. The minimum absolute atomic E-state index is 0.000395. The fraction of sp³-hybridized carbons (Fsp3) is 0.364. The lowest BCUT2D eigenvalue weighted by atomic mass is 9.86. The average Bonchev–Trinajstić information content (AvgIpc) is 3.17. The maximum Gasteiger partial charge on any atom is 0.313 e. The first-order valence-electron chi connectivity index (χ1n) is 9.13. The van der Waals surface area contributed by atoms with Gasteiger partial charge in [0.2, 0.25) is 0 Å². The highest BCUT2D eigenvalue weighted by atomic mass is 16.6. The minimum atomic E-state index is -0.324. The Morgan fingerprint density at radius 1 is 1.08 bits per heavy atom. The molecule has 5 atom stereocenters. The molecule has 2 fully saturated rings. The van der Waals surface area contributed by atoms with Gasteiger partial charge in [-0.15, -0.1) is 0 Å². The summed E-state index contributed by atoms with van der Waals surface area (Å²) in [5, 5.41) is 0. The molecule has 1 aliphatic carbocycles. The molecule has 1 saturated carbocycles. The third-order valence-corrected chi connectivity index (χ3v) is 5.59. The number of ether oxygens (including phenoxy) is 2. The number of hydrogen-bond acceptors (Lipinski definition) is 4. The van der Waals surface area contributed by atoms with Crippen LogP contribution >= 0.6 is 0 Å². The fourth-order valence-electron chi connectivity index (χ4n) is 4.25. The number of fused-ring (bicyclic) bond motifs is 1. The zero-order valence-electron chi connectivity index (χ0n) is 14.7. The smallest absolute Gasteiger partial charge is 0.313 e. The molecule has 0 amide bonds. The molecule has 1 aliphatic heterocycles. The highest BCUT2D eigenvalue weighted by molar-refractivity contribution is 5.78. The highest BCUT2D eigenvalue weighted by Gasteiger charge is 2.52. The van der Waals surface area contributed by atoms with Gasteiger partial charge < -0.3 is 9.47 Å². The van der Waals surface area contributed by atoms with E-state index in [1.54, 1.807) is 0 Å². The lowest BCUT2D eigenvalue weighted by Gasteiger charge is -2.25. The fourth-order valence-corrected chi connectivity index (χ4v) is 4.25. The molecule has 0 aromatic heterocycles. The number of esters is 2. The molecule has 0 bridgehead atoms. The van der Waals surface area contributed by atoms with Crippen molar-refractivity contribution in [2.45, 2.75) is 43.8 Å². The van der Waals surface area contributed by atoms with Crippen molar-refractivity contribution in [2.75, 3.05) is 0 Å². The first-order chi connectivity index (χ1) is 12.6. The van der Waals surface area contributed by atoms with Crippen molar-refractivity contribution in [3.8, 4) is 0 Å². The van der Waals surface area contributed by atoms with E-state index < -0.39 is 0 Å². The second-order valence-corrected chi connectivity index (χ2v) is 7.18. The maximum atomic E-state index is 12.7. The van der Waals surface area contributed by atoms with Crippen molar-refractivity contribution < 1.29 is 19.1 Å². The molecule has 2 aromatic carbocycles. The standard InChI is InChI=1S/C22H22O4/c1-14(15-8-4-2-5-9-15)22(24)26-19-13-18-17(12-20(23)25-18)21(19)16-10-6-3-7-11-16/h2-11,14,17-19,21H,12-13H2,1H3/t14-,17?,18?,19-,21-/m1/s1. The Balaban J connectivity index is 1.55. The predicted octanol–water partition coefficient (Wildman–Crippen LogP) is 3.82. The van der Waals surface area contributed by atoms with Gasteiger partial charge in [-0.2, -0.15) is 0 Å². The summed E-state index contributed by atoms with van der Waals surface area (Å²) in [5.41, 5.74) is 2.04. The molecule has 1 heterocycles. The van der Waals surface area contributed by atoms with Gasteiger partial charge in [0.15, 0.2) is 0 Å². The molecule has 2 aliphatic rings. The van der Waals surface area contributed by atoms with Crippen LogP contribution in [0.2, 0.25) is 0 Å². The van der Waals surface area contributed by atoms with Crippen LogP contribution < -0.4 is 0 Å². The quantitative estimate of drug-likeness (QED) is 0.787. The van der Waals surface area contributed by atoms with E-state index in [-0.39, 0.29) is 41.9 Å². The number of rotatable bonds is 4. The van der Waals surface area contributed by atoms with Gasteiger partial charge in [-0.05, 0) is 18.1 Å². The number of benzene rings is 2. The molecule has 0 spiro atoms. The molecule has 2 aromatic rings. The van der Waals surface area contributed by atoms with Gasteiger partial charge in [0.25, 0.3) is 0 Å². The molecule has 2 unspecified atom stereocenters. The zero-order chi connectivity index (χ0) is 18.1. The molecule has 4 nitrogen and oxygen atoms in total. The van der Waals surface area contributed by atoms with Crippen LogP contribution in [-0.2, 0) is 19.1 Å². The summed E-state index contributed by atoms with van der Waals surface area (Å²) in [6.07, 6.45) is 0.548. The van der Waals surface area contributed by atoms with Crippen LogP contribution in [0.3, 0.4) is 0 Å². The van der Waals surface area contributed by atoms with Crippen LogP contribution in [0.15, 0.2) is 60.7 Å². The Morgan fingerprint density at radius 3 is 2.42 bits per heavy atom. The summed E-state index contributed by atoms with van der Waals surface area (Å²) in [5.74, 6) is -0.623. The highest BCUT2D eigenvalue weighted by Crippen LogP contribution is 2.48. The van der Waals surface area contributed by atoms with Gasteiger partial charge in [-0.1, -0.05) is 60.7 Å². The van der Waals surface area contributed by atoms with E-state index in [0.717, 1.165) is 11.1 Å². The summed E-state index contributed by atoms with van der Waals surface area (Å²) in [6.45, 7) is 1.87. The van der Waals surface area contributed by atoms with E-state index in [1.165, 1.54) is 0 Å². The lowest BCUT2D eigenvalue weighted by Crippen LogP contribution is -2.26. The van der Waals surface area contributed by atoms with E-state index in [9.17, 15) is 9.59 Å². The van der Waals surface area contributed by atoms with Crippen LogP contribution in [-0.4, -0.2) is 24.1 Å². The van der Waals surface area contributed by atoms with Gasteiger partial charge in [0.1, 0.15) is 12.2 Å². The number of carbonyl (C=O) groups is 2. The van der Waals surface area contributed by atoms with Crippen LogP contribution in [0.25, 0.3) is 0 Å². The molecule has 0 radical (unpaired) electrons. The van der Waals surface area contributed by atoms with Crippen molar-refractivity contribution in [2.24, 2.45) is 5.92 Å². The molecule has 26 heavy (non-hydrogen) atoms. The summed E-state index contributed by atoms with van der Waals surface area (Å²) in [6, 6.07) is 19.6. The largest absolute Gasteiger partial charge is 0.462 e. The second kappa shape index (κ2) is 6.94. The Hall–Kier alpha value is -2.62. The van der Waals surface area contributed by atoms with Crippen LogP contribution in [0.1, 0.15) is 42.7 Å². The zero-order valence-corrected chi connectivity index (χ0v) is 14.7. The van der Waals surface area contributed by atoms with Crippen molar-refractivity contribution in [3.63, 3.8) is 0 Å². The summed E-state index contributed by atoms with van der Waals surface area (Å²) in [4.78, 5) is 24.5. The van der Waals surface area contributed by atoms with E-state index in [0.29, 0.717) is 12.8 Å². The SMILES string of the molecule is C[C@@H](C(=O)O[C@@H]1CC2OC(=O)CC2[C@H]1c1ccccc1)c1ccccc1. The molecule has 4 rings (SSSR count). The molecule has 134 valence electrons. The van der Waals surface area contributed by atoms with Crippen molar-refractivity contribution in [1.29, 1.82) is 0 Å². The first kappa shape index (κ1) is 16.8. The Morgan fingerprint density at radius 2 is 1.73 bits per heavy atom. The second-order valence-electron chi connectivity index (χ2n) is 7.18. The molecule has 1 saturated heterocycles. The van der Waals surface area contributed by atoms with E-state index in [1.807, 2.05) is 67.6 Å². The maximum absolute atomic E-state index is 12.7. The van der Waals surface area contributed by atoms with Crippen LogP contribution in [0.4, 0.5) is 0 Å². The Labute approximate surface area is 153 Å². The summed E-state index contributed by atoms with van der Waals surface area (Å²) < 4.78 is 11.4. The predicted molar refractivity (Wildman–Crippen MR) is 96.5 cm³/mol. The van der Waals surface area contributed by atoms with E-state index in [2.05, 4.69) is 0 Å². The minimum Gasteiger partial charge on any atom is -0.462 e. The third-order valence-electron chi connectivity index (χ3n) is 5.59. The summed E-state index contributed by atoms with van der Waals surface area (Å²) in [7, 11) is 0. The van der Waals surface area contributed by atoms with E-state index >= 15 is 0 Å².